The Kier molecular flexibility index (Phi) is 5.16. The highest BCUT2D eigenvalue weighted by molar-refractivity contribution is 7.99. The number of amides is 1. The molecule has 1 saturated heterocycles. The van der Waals surface area contributed by atoms with Gasteiger partial charge in [0.05, 0.1) is 0 Å². The van der Waals surface area contributed by atoms with Crippen molar-refractivity contribution in [2.45, 2.75) is 6.54 Å². The number of anilines is 1. The van der Waals surface area contributed by atoms with E-state index in [0.717, 1.165) is 35.5 Å². The van der Waals surface area contributed by atoms with Gasteiger partial charge in [-0.1, -0.05) is 30.3 Å². The number of carbonyl (C=O) groups excluding carboxylic acids is 1. The summed E-state index contributed by atoms with van der Waals surface area (Å²) in [4.78, 5) is 26.9. The summed E-state index contributed by atoms with van der Waals surface area (Å²) in [5.41, 5.74) is 2.08. The van der Waals surface area contributed by atoms with Crippen LogP contribution < -0.4 is 15.8 Å². The molecule has 2 aromatic carbocycles. The molecular formula is C21H20N2O3S. The Morgan fingerprint density at radius 1 is 1.07 bits per heavy atom. The van der Waals surface area contributed by atoms with Crippen LogP contribution in [-0.4, -0.2) is 30.5 Å². The van der Waals surface area contributed by atoms with Gasteiger partial charge in [-0.15, -0.1) is 0 Å². The highest BCUT2D eigenvalue weighted by atomic mass is 32.2. The molecule has 27 heavy (non-hydrogen) atoms. The van der Waals surface area contributed by atoms with Crippen LogP contribution in [0.2, 0.25) is 0 Å². The van der Waals surface area contributed by atoms with Gasteiger partial charge in [0.2, 0.25) is 0 Å². The van der Waals surface area contributed by atoms with E-state index in [1.54, 1.807) is 18.2 Å². The lowest BCUT2D eigenvalue weighted by molar-refractivity contribution is 0.0947. The van der Waals surface area contributed by atoms with E-state index in [2.05, 4.69) is 22.3 Å². The van der Waals surface area contributed by atoms with Gasteiger partial charge in [0.1, 0.15) is 11.1 Å². The smallest absolute Gasteiger partial charge is 0.349 e. The van der Waals surface area contributed by atoms with Gasteiger partial charge in [-0.25, -0.2) is 4.79 Å². The van der Waals surface area contributed by atoms with Gasteiger partial charge in [0.25, 0.3) is 5.91 Å². The molecule has 1 fully saturated rings. The molecule has 1 aromatic heterocycles. The number of rotatable bonds is 4. The van der Waals surface area contributed by atoms with Crippen molar-refractivity contribution in [1.29, 1.82) is 0 Å². The molecular weight excluding hydrogens is 360 g/mol. The zero-order valence-electron chi connectivity index (χ0n) is 14.8. The molecule has 0 radical (unpaired) electrons. The molecule has 5 nitrogen and oxygen atoms in total. The lowest BCUT2D eigenvalue weighted by atomic mass is 10.1. The average Bonchev–Trinajstić information content (AvgIpc) is 2.72. The second kappa shape index (κ2) is 7.88. The fraction of sp³-hybridized carbons (Fsp3) is 0.238. The third-order valence-electron chi connectivity index (χ3n) is 4.65. The van der Waals surface area contributed by atoms with Crippen molar-refractivity contribution >= 4 is 34.3 Å². The van der Waals surface area contributed by atoms with Crippen LogP contribution in [-0.2, 0) is 6.54 Å². The van der Waals surface area contributed by atoms with Crippen LogP contribution in [0.5, 0.6) is 0 Å². The molecule has 1 aliphatic heterocycles. The van der Waals surface area contributed by atoms with E-state index in [9.17, 15) is 9.59 Å². The van der Waals surface area contributed by atoms with Crippen molar-refractivity contribution in [1.82, 2.24) is 5.32 Å². The van der Waals surface area contributed by atoms with Gasteiger partial charge in [0.15, 0.2) is 0 Å². The van der Waals surface area contributed by atoms with Gasteiger partial charge in [0, 0.05) is 42.2 Å². The Hall–Kier alpha value is -2.73. The molecule has 2 heterocycles. The fourth-order valence-electron chi connectivity index (χ4n) is 3.14. The van der Waals surface area contributed by atoms with Crippen LogP contribution in [0.3, 0.4) is 0 Å². The molecule has 0 unspecified atom stereocenters. The Bertz CT molecular complexity index is 1010. The SMILES string of the molecule is O=C(NCc1ccc(N2CCSCC2)cc1)c1cc2ccccc2oc1=O. The second-order valence-corrected chi connectivity index (χ2v) is 7.66. The van der Waals surface area contributed by atoms with E-state index < -0.39 is 11.5 Å². The molecule has 1 amide bonds. The normalized spacial score (nSPS) is 14.3. The van der Waals surface area contributed by atoms with Crippen LogP contribution in [0.15, 0.2) is 63.8 Å². The maximum atomic E-state index is 12.4. The summed E-state index contributed by atoms with van der Waals surface area (Å²) in [6, 6.07) is 16.9. The van der Waals surface area contributed by atoms with Crippen molar-refractivity contribution in [2.75, 3.05) is 29.5 Å². The first kappa shape index (κ1) is 17.7. The second-order valence-electron chi connectivity index (χ2n) is 6.43. The fourth-order valence-corrected chi connectivity index (χ4v) is 4.05. The Morgan fingerprint density at radius 2 is 1.81 bits per heavy atom. The average molecular weight is 380 g/mol. The van der Waals surface area contributed by atoms with Crippen LogP contribution in [0.25, 0.3) is 11.0 Å². The molecule has 3 aromatic rings. The summed E-state index contributed by atoms with van der Waals surface area (Å²) in [5, 5.41) is 3.53. The van der Waals surface area contributed by atoms with Crippen molar-refractivity contribution in [3.8, 4) is 0 Å². The van der Waals surface area contributed by atoms with E-state index in [4.69, 9.17) is 4.42 Å². The van der Waals surface area contributed by atoms with Gasteiger partial charge >= 0.3 is 5.63 Å². The molecule has 0 atom stereocenters. The van der Waals surface area contributed by atoms with Crippen LogP contribution in [0.1, 0.15) is 15.9 Å². The van der Waals surface area contributed by atoms with Crippen LogP contribution in [0, 0.1) is 0 Å². The maximum absolute atomic E-state index is 12.4. The zero-order valence-corrected chi connectivity index (χ0v) is 15.6. The van der Waals surface area contributed by atoms with E-state index >= 15 is 0 Å². The number of nitrogens with one attached hydrogen (secondary N) is 1. The van der Waals surface area contributed by atoms with Gasteiger partial charge in [-0.05, 0) is 29.8 Å². The van der Waals surface area contributed by atoms with Crippen LogP contribution >= 0.6 is 11.8 Å². The molecule has 6 heteroatoms. The lowest BCUT2D eigenvalue weighted by Gasteiger charge is -2.28. The number of carbonyl (C=O) groups is 1. The topological polar surface area (TPSA) is 62.6 Å². The largest absolute Gasteiger partial charge is 0.422 e. The molecule has 4 rings (SSSR count). The maximum Gasteiger partial charge on any atom is 0.349 e. The molecule has 0 spiro atoms. The summed E-state index contributed by atoms with van der Waals surface area (Å²) in [7, 11) is 0. The van der Waals surface area contributed by atoms with E-state index in [-0.39, 0.29) is 5.56 Å². The summed E-state index contributed by atoms with van der Waals surface area (Å²) >= 11 is 1.99. The molecule has 0 saturated carbocycles. The Labute approximate surface area is 161 Å². The zero-order chi connectivity index (χ0) is 18.6. The number of para-hydroxylation sites is 1. The van der Waals surface area contributed by atoms with Crippen molar-refractivity contribution in [2.24, 2.45) is 0 Å². The summed E-state index contributed by atoms with van der Waals surface area (Å²) < 4.78 is 5.23. The number of fused-ring (bicyclic) bond motifs is 1. The monoisotopic (exact) mass is 380 g/mol. The van der Waals surface area contributed by atoms with Gasteiger partial charge in [-0.2, -0.15) is 11.8 Å². The summed E-state index contributed by atoms with van der Waals surface area (Å²) in [5.74, 6) is 1.89. The van der Waals surface area contributed by atoms with Crippen molar-refractivity contribution in [3.05, 3.63) is 76.1 Å². The standard InChI is InChI=1S/C21H20N2O3S/c24-20(18-13-16-3-1-2-4-19(16)26-21(18)25)22-14-15-5-7-17(8-6-15)23-9-11-27-12-10-23/h1-8,13H,9-12,14H2,(H,22,24). The van der Waals surface area contributed by atoms with E-state index in [1.807, 2.05) is 36.0 Å². The summed E-state index contributed by atoms with van der Waals surface area (Å²) in [6.07, 6.45) is 0. The van der Waals surface area contributed by atoms with Crippen molar-refractivity contribution < 1.29 is 9.21 Å². The minimum Gasteiger partial charge on any atom is -0.422 e. The third-order valence-corrected chi connectivity index (χ3v) is 5.59. The Balaban J connectivity index is 1.43. The first-order valence-electron chi connectivity index (χ1n) is 8.93. The third kappa shape index (κ3) is 4.01. The number of hydrogen-bond acceptors (Lipinski definition) is 5. The molecule has 138 valence electrons. The number of hydrogen-bond donors (Lipinski definition) is 1. The minimum absolute atomic E-state index is 0.0242. The molecule has 1 aliphatic rings. The highest BCUT2D eigenvalue weighted by Crippen LogP contribution is 2.20. The first-order valence-corrected chi connectivity index (χ1v) is 10.1. The van der Waals surface area contributed by atoms with Gasteiger partial charge < -0.3 is 14.6 Å². The Morgan fingerprint density at radius 3 is 2.59 bits per heavy atom. The lowest BCUT2D eigenvalue weighted by Crippen LogP contribution is -2.32. The highest BCUT2D eigenvalue weighted by Gasteiger charge is 2.14. The molecule has 1 N–H and O–H groups in total. The minimum atomic E-state index is -0.621. The molecule has 0 bridgehead atoms. The molecule has 0 aliphatic carbocycles. The first-order chi connectivity index (χ1) is 13.2. The summed E-state index contributed by atoms with van der Waals surface area (Å²) in [6.45, 7) is 2.50. The van der Waals surface area contributed by atoms with E-state index in [1.165, 1.54) is 5.69 Å². The van der Waals surface area contributed by atoms with Gasteiger partial charge in [-0.3, -0.25) is 4.79 Å². The van der Waals surface area contributed by atoms with Crippen LogP contribution in [0.4, 0.5) is 5.69 Å². The van der Waals surface area contributed by atoms with Crippen molar-refractivity contribution in [3.63, 3.8) is 0 Å². The predicted molar refractivity (Wildman–Crippen MR) is 110 cm³/mol. The predicted octanol–water partition coefficient (Wildman–Crippen LogP) is 3.28. The quantitative estimate of drug-likeness (QED) is 0.704. The number of thioether (sulfide) groups is 1. The number of nitrogens with zero attached hydrogens (tertiary/aromatic N) is 1. The number of benzene rings is 2. The van der Waals surface area contributed by atoms with E-state index in [0.29, 0.717) is 12.1 Å².